The molecule has 0 radical (unpaired) electrons. The van der Waals surface area contributed by atoms with Crippen molar-refractivity contribution >= 4 is 15.7 Å². The summed E-state index contributed by atoms with van der Waals surface area (Å²) in [7, 11) is -4.94. The van der Waals surface area contributed by atoms with Crippen LogP contribution in [-0.4, -0.2) is 33.0 Å². The molecule has 1 saturated heterocycles. The third-order valence-electron chi connectivity index (χ3n) is 5.35. The molecule has 11 heteroatoms. The Bertz CT molecular complexity index is 1050. The van der Waals surface area contributed by atoms with Crippen molar-refractivity contribution < 1.29 is 34.8 Å². The van der Waals surface area contributed by atoms with Crippen LogP contribution in [0.15, 0.2) is 47.4 Å². The molecule has 4 nitrogen and oxygen atoms in total. The molecule has 176 valence electrons. The first-order valence-electron chi connectivity index (χ1n) is 9.95. The van der Waals surface area contributed by atoms with E-state index in [4.69, 9.17) is 0 Å². The lowest BCUT2D eigenvalue weighted by Crippen LogP contribution is -2.21. The topological polar surface area (TPSA) is 49.4 Å². The zero-order chi connectivity index (χ0) is 23.7. The molecular formula is C21H22F6N2O2S. The van der Waals surface area contributed by atoms with Gasteiger partial charge in [-0.25, -0.2) is 8.42 Å². The predicted molar refractivity (Wildman–Crippen MR) is 108 cm³/mol. The summed E-state index contributed by atoms with van der Waals surface area (Å²) in [5, 5.41) is 0. The zero-order valence-corrected chi connectivity index (χ0v) is 17.9. The molecule has 32 heavy (non-hydrogen) atoms. The second-order valence-corrected chi connectivity index (χ2v) is 9.37. The number of sulfonamides is 1. The van der Waals surface area contributed by atoms with E-state index in [1.165, 1.54) is 12.1 Å². The lowest BCUT2D eigenvalue weighted by Gasteiger charge is -2.17. The smallest absolute Gasteiger partial charge is 0.303 e. The van der Waals surface area contributed by atoms with Crippen LogP contribution >= 0.6 is 0 Å². The summed E-state index contributed by atoms with van der Waals surface area (Å²) in [6.07, 6.45) is -8.18. The highest BCUT2D eigenvalue weighted by molar-refractivity contribution is 7.92. The van der Waals surface area contributed by atoms with E-state index in [0.29, 0.717) is 0 Å². The van der Waals surface area contributed by atoms with Crippen molar-refractivity contribution in [2.24, 2.45) is 0 Å². The average molecular weight is 480 g/mol. The SMILES string of the molecule is CCCN1CC[C@@H](c2ccc(NS(=O)(=O)c3cc(C(F)(F)F)ccc3C(F)(F)F)cc2)C1. The molecule has 0 aromatic heterocycles. The quantitative estimate of drug-likeness (QED) is 0.538. The zero-order valence-electron chi connectivity index (χ0n) is 17.1. The molecule has 1 aliphatic rings. The van der Waals surface area contributed by atoms with Crippen molar-refractivity contribution in [3.8, 4) is 0 Å². The van der Waals surface area contributed by atoms with Crippen molar-refractivity contribution in [2.45, 2.75) is 42.9 Å². The van der Waals surface area contributed by atoms with Crippen LogP contribution in [0.25, 0.3) is 0 Å². The van der Waals surface area contributed by atoms with E-state index in [-0.39, 0.29) is 29.8 Å². The van der Waals surface area contributed by atoms with E-state index in [2.05, 4.69) is 11.8 Å². The molecule has 1 heterocycles. The van der Waals surface area contributed by atoms with E-state index >= 15 is 0 Å². The molecule has 0 bridgehead atoms. The largest absolute Gasteiger partial charge is 0.417 e. The molecule has 1 N–H and O–H groups in total. The van der Waals surface area contributed by atoms with Gasteiger partial charge in [0.1, 0.15) is 4.90 Å². The van der Waals surface area contributed by atoms with Gasteiger partial charge in [0.05, 0.1) is 11.1 Å². The van der Waals surface area contributed by atoms with Gasteiger partial charge in [-0.05, 0) is 67.7 Å². The van der Waals surface area contributed by atoms with Crippen LogP contribution in [0.2, 0.25) is 0 Å². The molecule has 0 unspecified atom stereocenters. The maximum Gasteiger partial charge on any atom is 0.417 e. The Morgan fingerprint density at radius 2 is 1.66 bits per heavy atom. The minimum atomic E-state index is -5.15. The summed E-state index contributed by atoms with van der Waals surface area (Å²) in [6, 6.07) is 6.49. The molecule has 0 saturated carbocycles. The summed E-state index contributed by atoms with van der Waals surface area (Å²) in [5.41, 5.74) is -2.24. The van der Waals surface area contributed by atoms with Crippen LogP contribution in [0, 0.1) is 0 Å². The third kappa shape index (κ3) is 5.55. The van der Waals surface area contributed by atoms with Gasteiger partial charge in [0.25, 0.3) is 10.0 Å². The number of rotatable bonds is 6. The second kappa shape index (κ2) is 8.93. The van der Waals surface area contributed by atoms with Crippen molar-refractivity contribution in [1.82, 2.24) is 4.90 Å². The van der Waals surface area contributed by atoms with Gasteiger partial charge in [-0.15, -0.1) is 0 Å². The number of nitrogens with one attached hydrogen (secondary N) is 1. The Morgan fingerprint density at radius 3 is 2.22 bits per heavy atom. The number of benzene rings is 2. The molecule has 0 spiro atoms. The minimum absolute atomic E-state index is 0.000368. The first kappa shape index (κ1) is 24.4. The van der Waals surface area contributed by atoms with Crippen molar-refractivity contribution in [3.05, 3.63) is 59.2 Å². The lowest BCUT2D eigenvalue weighted by atomic mass is 9.98. The molecule has 2 aromatic rings. The van der Waals surface area contributed by atoms with Crippen LogP contribution < -0.4 is 4.72 Å². The van der Waals surface area contributed by atoms with Gasteiger partial charge in [-0.2, -0.15) is 26.3 Å². The Hall–Kier alpha value is -2.27. The highest BCUT2D eigenvalue weighted by atomic mass is 32.2. The molecule has 1 atom stereocenters. The summed E-state index contributed by atoms with van der Waals surface area (Å²) < 4.78 is 106. The molecule has 0 amide bonds. The summed E-state index contributed by atoms with van der Waals surface area (Å²) in [6.45, 7) is 4.87. The molecular weight excluding hydrogens is 458 g/mol. The van der Waals surface area contributed by atoms with Crippen molar-refractivity contribution in [3.63, 3.8) is 0 Å². The number of likely N-dealkylation sites (tertiary alicyclic amines) is 1. The van der Waals surface area contributed by atoms with Crippen molar-refractivity contribution in [1.29, 1.82) is 0 Å². The Kier molecular flexibility index (Phi) is 6.80. The van der Waals surface area contributed by atoms with Gasteiger partial charge in [0, 0.05) is 12.2 Å². The first-order chi connectivity index (χ1) is 14.8. The third-order valence-corrected chi connectivity index (χ3v) is 6.77. The Morgan fingerprint density at radius 1 is 1.00 bits per heavy atom. The van der Waals surface area contributed by atoms with E-state index in [1.54, 1.807) is 12.1 Å². The number of nitrogens with zero attached hydrogens (tertiary/aromatic N) is 1. The number of alkyl halides is 6. The number of hydrogen-bond acceptors (Lipinski definition) is 3. The van der Waals surface area contributed by atoms with E-state index < -0.39 is 38.4 Å². The number of hydrogen-bond donors (Lipinski definition) is 1. The van der Waals surface area contributed by atoms with Crippen LogP contribution in [0.3, 0.4) is 0 Å². The fraction of sp³-hybridized carbons (Fsp3) is 0.429. The Balaban J connectivity index is 1.86. The van der Waals surface area contributed by atoms with Gasteiger partial charge < -0.3 is 4.90 Å². The summed E-state index contributed by atoms with van der Waals surface area (Å²) in [5.74, 6) is 0.257. The van der Waals surface area contributed by atoms with Gasteiger partial charge in [0.2, 0.25) is 0 Å². The molecule has 3 rings (SSSR count). The highest BCUT2D eigenvalue weighted by Crippen LogP contribution is 2.39. The maximum absolute atomic E-state index is 13.3. The lowest BCUT2D eigenvalue weighted by molar-refractivity contribution is -0.143. The maximum atomic E-state index is 13.3. The number of halogens is 6. The van der Waals surface area contributed by atoms with E-state index in [0.717, 1.165) is 38.0 Å². The normalized spacial score (nSPS) is 18.2. The Labute approximate surface area is 182 Å². The van der Waals surface area contributed by atoms with Crippen LogP contribution in [0.5, 0.6) is 0 Å². The van der Waals surface area contributed by atoms with E-state index in [1.807, 2.05) is 4.72 Å². The van der Waals surface area contributed by atoms with Crippen LogP contribution in [-0.2, 0) is 22.4 Å². The predicted octanol–water partition coefficient (Wildman–Crippen LogP) is 5.72. The molecule has 2 aromatic carbocycles. The van der Waals surface area contributed by atoms with Crippen LogP contribution in [0.1, 0.15) is 42.4 Å². The molecule has 0 aliphatic carbocycles. The fourth-order valence-corrected chi connectivity index (χ4v) is 5.12. The summed E-state index contributed by atoms with van der Waals surface area (Å²) in [4.78, 5) is 0.836. The molecule has 1 fully saturated rings. The van der Waals surface area contributed by atoms with Gasteiger partial charge >= 0.3 is 12.4 Å². The summed E-state index contributed by atoms with van der Waals surface area (Å²) >= 11 is 0. The van der Waals surface area contributed by atoms with Gasteiger partial charge in [-0.3, -0.25) is 4.72 Å². The van der Waals surface area contributed by atoms with Gasteiger partial charge in [-0.1, -0.05) is 19.1 Å². The first-order valence-corrected chi connectivity index (χ1v) is 11.4. The highest BCUT2D eigenvalue weighted by Gasteiger charge is 2.40. The second-order valence-electron chi connectivity index (χ2n) is 7.72. The van der Waals surface area contributed by atoms with E-state index in [9.17, 15) is 34.8 Å². The fourth-order valence-electron chi connectivity index (χ4n) is 3.81. The van der Waals surface area contributed by atoms with Gasteiger partial charge in [0.15, 0.2) is 0 Å². The van der Waals surface area contributed by atoms with Crippen LogP contribution in [0.4, 0.5) is 32.0 Å². The standard InChI is InChI=1S/C21H22F6N2O2S/c1-2-10-29-11-9-15(13-29)14-3-6-17(7-4-14)28-32(30,31)19-12-16(20(22,23)24)5-8-18(19)21(25,26)27/h3-8,12,15,28H,2,9-11,13H2,1H3/t15-/m1/s1. The van der Waals surface area contributed by atoms with Crippen molar-refractivity contribution in [2.75, 3.05) is 24.4 Å². The monoisotopic (exact) mass is 480 g/mol. The number of anilines is 1. The average Bonchev–Trinajstić information content (AvgIpc) is 3.15. The minimum Gasteiger partial charge on any atom is -0.303 e. The molecule has 1 aliphatic heterocycles.